The van der Waals surface area contributed by atoms with E-state index in [-0.39, 0.29) is 23.5 Å². The third-order valence-corrected chi connectivity index (χ3v) is 4.19. The minimum atomic E-state index is -0.356. The van der Waals surface area contributed by atoms with Gasteiger partial charge in [-0.1, -0.05) is 17.3 Å². The van der Waals surface area contributed by atoms with Gasteiger partial charge >= 0.3 is 0 Å². The molecule has 1 saturated carbocycles. The van der Waals surface area contributed by atoms with Gasteiger partial charge in [-0.05, 0) is 42.7 Å². The van der Waals surface area contributed by atoms with Crippen molar-refractivity contribution in [2.75, 3.05) is 0 Å². The summed E-state index contributed by atoms with van der Waals surface area (Å²) < 4.78 is 18.6. The van der Waals surface area contributed by atoms with Crippen LogP contribution in [0.2, 0.25) is 0 Å². The molecule has 3 aromatic rings. The van der Waals surface area contributed by atoms with Crippen LogP contribution in [0.15, 0.2) is 59.4 Å². The summed E-state index contributed by atoms with van der Waals surface area (Å²) in [4.78, 5) is 18.6. The number of pyridine rings is 1. The summed E-state index contributed by atoms with van der Waals surface area (Å²) in [6.07, 6.45) is 5.40. The number of hydrogen-bond acceptors (Lipinski definition) is 4. The van der Waals surface area contributed by atoms with Crippen molar-refractivity contribution in [3.63, 3.8) is 0 Å². The number of rotatable bonds is 5. The Morgan fingerprint density at radius 1 is 1.20 bits per heavy atom. The maximum atomic E-state index is 13.4. The van der Waals surface area contributed by atoms with Crippen LogP contribution < -0.4 is 0 Å². The third-order valence-electron chi connectivity index (χ3n) is 4.19. The van der Waals surface area contributed by atoms with Crippen molar-refractivity contribution in [1.82, 2.24) is 15.0 Å². The second-order valence-electron chi connectivity index (χ2n) is 6.11. The quantitative estimate of drug-likeness (QED) is 0.712. The Bertz CT molecular complexity index is 890. The van der Waals surface area contributed by atoms with E-state index in [1.807, 2.05) is 12.1 Å². The average molecular weight is 337 g/mol. The van der Waals surface area contributed by atoms with Crippen LogP contribution in [-0.2, 0) is 6.54 Å². The molecule has 1 fully saturated rings. The van der Waals surface area contributed by atoms with Crippen molar-refractivity contribution in [3.8, 4) is 11.3 Å². The van der Waals surface area contributed by atoms with Gasteiger partial charge in [-0.15, -0.1) is 0 Å². The van der Waals surface area contributed by atoms with Crippen molar-refractivity contribution in [3.05, 3.63) is 72.0 Å². The fraction of sp³-hybridized carbons (Fsp3) is 0.211. The van der Waals surface area contributed by atoms with Crippen molar-refractivity contribution in [2.45, 2.75) is 25.4 Å². The van der Waals surface area contributed by atoms with Crippen molar-refractivity contribution in [2.24, 2.45) is 0 Å². The van der Waals surface area contributed by atoms with Crippen LogP contribution in [0.5, 0.6) is 0 Å². The molecule has 1 aliphatic carbocycles. The highest BCUT2D eigenvalue weighted by Gasteiger charge is 2.34. The average Bonchev–Trinajstić information content (AvgIpc) is 3.35. The predicted molar refractivity (Wildman–Crippen MR) is 89.0 cm³/mol. The minimum Gasteiger partial charge on any atom is -0.350 e. The van der Waals surface area contributed by atoms with Crippen LogP contribution in [-0.4, -0.2) is 27.0 Å². The van der Waals surface area contributed by atoms with Gasteiger partial charge in [0.25, 0.3) is 5.91 Å². The van der Waals surface area contributed by atoms with E-state index in [0.29, 0.717) is 17.8 Å². The van der Waals surface area contributed by atoms with Crippen molar-refractivity contribution in [1.29, 1.82) is 0 Å². The molecule has 5 nitrogen and oxygen atoms in total. The molecule has 0 radical (unpaired) electrons. The molecule has 0 N–H and O–H groups in total. The summed E-state index contributed by atoms with van der Waals surface area (Å²) >= 11 is 0. The Labute approximate surface area is 144 Å². The number of carbonyl (C=O) groups is 1. The standard InChI is InChI=1S/C19H16FN3O2/c20-15-3-1-2-14(10-15)17-11-18(25-22-17)19(24)23(16-4-5-16)12-13-6-8-21-9-7-13/h1-3,6-11,16H,4-5,12H2. The summed E-state index contributed by atoms with van der Waals surface area (Å²) in [5.41, 5.74) is 2.04. The molecule has 1 aromatic carbocycles. The zero-order chi connectivity index (χ0) is 17.2. The van der Waals surface area contributed by atoms with Crippen molar-refractivity contribution < 1.29 is 13.7 Å². The van der Waals surface area contributed by atoms with Crippen molar-refractivity contribution >= 4 is 5.91 Å². The number of nitrogens with zero attached hydrogens (tertiary/aromatic N) is 3. The molecular weight excluding hydrogens is 321 g/mol. The first-order chi connectivity index (χ1) is 12.2. The second-order valence-corrected chi connectivity index (χ2v) is 6.11. The first-order valence-corrected chi connectivity index (χ1v) is 8.13. The number of hydrogen-bond donors (Lipinski definition) is 0. The zero-order valence-corrected chi connectivity index (χ0v) is 13.4. The van der Waals surface area contributed by atoms with Gasteiger partial charge in [-0.25, -0.2) is 4.39 Å². The van der Waals surface area contributed by atoms with Crippen LogP contribution >= 0.6 is 0 Å². The third kappa shape index (κ3) is 3.42. The fourth-order valence-electron chi connectivity index (χ4n) is 2.74. The molecule has 0 spiro atoms. The van der Waals surface area contributed by atoms with Gasteiger partial charge < -0.3 is 9.42 Å². The number of benzene rings is 1. The van der Waals surface area contributed by atoms with E-state index in [2.05, 4.69) is 10.1 Å². The van der Waals surface area contributed by atoms with E-state index in [0.717, 1.165) is 18.4 Å². The Morgan fingerprint density at radius 2 is 2.00 bits per heavy atom. The van der Waals surface area contributed by atoms with Gasteiger partial charge in [-0.3, -0.25) is 9.78 Å². The Kier molecular flexibility index (Phi) is 4.01. The molecule has 1 amide bonds. The summed E-state index contributed by atoms with van der Waals surface area (Å²) in [5.74, 6) is -0.389. The zero-order valence-electron chi connectivity index (χ0n) is 13.4. The summed E-state index contributed by atoms with van der Waals surface area (Å²) in [6.45, 7) is 0.502. The van der Waals surface area contributed by atoms with E-state index in [1.54, 1.807) is 35.5 Å². The second kappa shape index (κ2) is 6.47. The Balaban J connectivity index is 1.57. The monoisotopic (exact) mass is 337 g/mol. The van der Waals surface area contributed by atoms with E-state index in [9.17, 15) is 9.18 Å². The van der Waals surface area contributed by atoms with Gasteiger partial charge in [-0.2, -0.15) is 0 Å². The number of amides is 1. The van der Waals surface area contributed by atoms with Crippen LogP contribution in [0.3, 0.4) is 0 Å². The van der Waals surface area contributed by atoms with E-state index < -0.39 is 0 Å². The molecule has 4 rings (SSSR count). The van der Waals surface area contributed by atoms with E-state index in [4.69, 9.17) is 4.52 Å². The molecule has 6 heteroatoms. The first-order valence-electron chi connectivity index (χ1n) is 8.13. The number of aromatic nitrogens is 2. The van der Waals surface area contributed by atoms with Gasteiger partial charge in [0.15, 0.2) is 0 Å². The molecule has 1 aliphatic rings. The maximum absolute atomic E-state index is 13.4. The van der Waals surface area contributed by atoms with Gasteiger partial charge in [0.1, 0.15) is 11.5 Å². The largest absolute Gasteiger partial charge is 0.350 e. The maximum Gasteiger partial charge on any atom is 0.293 e. The fourth-order valence-corrected chi connectivity index (χ4v) is 2.74. The minimum absolute atomic E-state index is 0.167. The number of carbonyl (C=O) groups excluding carboxylic acids is 1. The van der Waals surface area contributed by atoms with Gasteiger partial charge in [0.05, 0.1) is 0 Å². The normalized spacial score (nSPS) is 13.6. The summed E-state index contributed by atoms with van der Waals surface area (Å²) in [5, 5.41) is 3.92. The lowest BCUT2D eigenvalue weighted by atomic mass is 10.1. The molecule has 2 aromatic heterocycles. The topological polar surface area (TPSA) is 59.2 Å². The van der Waals surface area contributed by atoms with Crippen LogP contribution in [0.4, 0.5) is 4.39 Å². The molecule has 0 bridgehead atoms. The molecule has 0 saturated heterocycles. The molecule has 126 valence electrons. The highest BCUT2D eigenvalue weighted by Crippen LogP contribution is 2.30. The molecule has 0 unspecified atom stereocenters. The Hall–Kier alpha value is -3.02. The van der Waals surface area contributed by atoms with Crippen LogP contribution in [0.25, 0.3) is 11.3 Å². The van der Waals surface area contributed by atoms with E-state index in [1.165, 1.54) is 12.1 Å². The lowest BCUT2D eigenvalue weighted by Crippen LogP contribution is -2.32. The molecule has 0 aliphatic heterocycles. The first kappa shape index (κ1) is 15.5. The van der Waals surface area contributed by atoms with Gasteiger partial charge in [0.2, 0.25) is 5.76 Å². The lowest BCUT2D eigenvalue weighted by Gasteiger charge is -2.20. The molecule has 25 heavy (non-hydrogen) atoms. The summed E-state index contributed by atoms with van der Waals surface area (Å²) in [6, 6.07) is 11.6. The van der Waals surface area contributed by atoms with Gasteiger partial charge in [0, 0.05) is 36.6 Å². The SMILES string of the molecule is O=C(c1cc(-c2cccc(F)c2)no1)N(Cc1ccncc1)C1CC1. The Morgan fingerprint density at radius 3 is 2.72 bits per heavy atom. The van der Waals surface area contributed by atoms with Crippen LogP contribution in [0.1, 0.15) is 29.0 Å². The van der Waals surface area contributed by atoms with E-state index >= 15 is 0 Å². The molecule has 0 atom stereocenters. The number of halogens is 1. The predicted octanol–water partition coefficient (Wildman–Crippen LogP) is 3.68. The lowest BCUT2D eigenvalue weighted by molar-refractivity contribution is 0.0687. The highest BCUT2D eigenvalue weighted by molar-refractivity contribution is 5.92. The highest BCUT2D eigenvalue weighted by atomic mass is 19.1. The van der Waals surface area contributed by atoms with Crippen LogP contribution in [0, 0.1) is 5.82 Å². The summed E-state index contributed by atoms with van der Waals surface area (Å²) in [7, 11) is 0. The molecular formula is C19H16FN3O2. The molecule has 2 heterocycles. The smallest absolute Gasteiger partial charge is 0.293 e.